The largest absolute Gasteiger partial charge is 0.462 e. The molecule has 90 valence electrons. The van der Waals surface area contributed by atoms with Crippen LogP contribution in [0.3, 0.4) is 0 Å². The van der Waals surface area contributed by atoms with Crippen molar-refractivity contribution in [2.45, 2.75) is 6.92 Å². The highest BCUT2D eigenvalue weighted by atomic mass is 32.2. The number of hydrogen-bond acceptors (Lipinski definition) is 6. The molecule has 0 heterocycles. The van der Waals surface area contributed by atoms with Crippen LogP contribution in [0.1, 0.15) is 6.92 Å². The first-order valence-electron chi connectivity index (χ1n) is 4.35. The minimum Gasteiger partial charge on any atom is -0.462 e. The summed E-state index contributed by atoms with van der Waals surface area (Å²) in [4.78, 5) is 14.7. The molecule has 0 aliphatic heterocycles. The summed E-state index contributed by atoms with van der Waals surface area (Å²) in [5.74, 6) is -0.671. The van der Waals surface area contributed by atoms with Gasteiger partial charge in [0.2, 0.25) is 0 Å². The fourth-order valence-corrected chi connectivity index (χ4v) is 0.860. The SMILES string of the molecule is C=C(/N=C\C(=C/N)C(=O)OCC)S(C)(=O)=O. The third-order valence-electron chi connectivity index (χ3n) is 1.47. The van der Waals surface area contributed by atoms with Gasteiger partial charge in [0, 0.05) is 18.7 Å². The molecular formula is C9H14N2O4S. The van der Waals surface area contributed by atoms with Gasteiger partial charge < -0.3 is 10.5 Å². The van der Waals surface area contributed by atoms with Gasteiger partial charge in [-0.25, -0.2) is 18.2 Å². The molecule has 0 aromatic rings. The van der Waals surface area contributed by atoms with Crippen LogP contribution < -0.4 is 5.73 Å². The van der Waals surface area contributed by atoms with E-state index in [-0.39, 0.29) is 17.2 Å². The van der Waals surface area contributed by atoms with Gasteiger partial charge in [-0.05, 0) is 6.92 Å². The van der Waals surface area contributed by atoms with Gasteiger partial charge in [-0.15, -0.1) is 0 Å². The van der Waals surface area contributed by atoms with Crippen molar-refractivity contribution in [1.29, 1.82) is 0 Å². The molecule has 0 unspecified atom stereocenters. The second-order valence-corrected chi connectivity index (χ2v) is 4.78. The zero-order valence-corrected chi connectivity index (χ0v) is 9.95. The van der Waals surface area contributed by atoms with Gasteiger partial charge in [-0.1, -0.05) is 6.58 Å². The Morgan fingerprint density at radius 3 is 2.50 bits per heavy atom. The van der Waals surface area contributed by atoms with Crippen molar-refractivity contribution in [2.24, 2.45) is 10.7 Å². The molecular weight excluding hydrogens is 232 g/mol. The maximum Gasteiger partial charge on any atom is 0.341 e. The summed E-state index contributed by atoms with van der Waals surface area (Å²) in [5.41, 5.74) is 5.13. The van der Waals surface area contributed by atoms with Gasteiger partial charge in [-0.3, -0.25) is 0 Å². The average Bonchev–Trinajstić information content (AvgIpc) is 2.17. The van der Waals surface area contributed by atoms with Gasteiger partial charge >= 0.3 is 5.97 Å². The molecule has 0 aromatic carbocycles. The van der Waals surface area contributed by atoms with Crippen LogP contribution in [0.2, 0.25) is 0 Å². The van der Waals surface area contributed by atoms with Crippen LogP contribution in [0.15, 0.2) is 28.4 Å². The maximum atomic E-state index is 11.2. The van der Waals surface area contributed by atoms with E-state index in [1.807, 2.05) is 0 Å². The predicted octanol–water partition coefficient (Wildman–Crippen LogP) is -0.0213. The van der Waals surface area contributed by atoms with Crippen molar-refractivity contribution in [2.75, 3.05) is 12.9 Å². The van der Waals surface area contributed by atoms with Crippen molar-refractivity contribution >= 4 is 22.0 Å². The van der Waals surface area contributed by atoms with Crippen LogP contribution in [0.4, 0.5) is 0 Å². The first-order valence-corrected chi connectivity index (χ1v) is 6.24. The van der Waals surface area contributed by atoms with Gasteiger partial charge in [0.15, 0.2) is 9.84 Å². The van der Waals surface area contributed by atoms with E-state index < -0.39 is 15.8 Å². The first-order chi connectivity index (χ1) is 7.32. The average molecular weight is 246 g/mol. The molecule has 0 aromatic heterocycles. The normalized spacial score (nSPS) is 12.8. The van der Waals surface area contributed by atoms with Gasteiger partial charge in [0.05, 0.1) is 12.2 Å². The van der Waals surface area contributed by atoms with Crippen LogP contribution in [-0.2, 0) is 19.4 Å². The van der Waals surface area contributed by atoms with E-state index in [1.54, 1.807) is 6.92 Å². The summed E-state index contributed by atoms with van der Waals surface area (Å²) in [7, 11) is -3.46. The van der Waals surface area contributed by atoms with Crippen molar-refractivity contribution in [1.82, 2.24) is 0 Å². The van der Waals surface area contributed by atoms with E-state index in [0.717, 1.165) is 18.7 Å². The Morgan fingerprint density at radius 1 is 1.56 bits per heavy atom. The summed E-state index contributed by atoms with van der Waals surface area (Å²) in [6, 6.07) is 0. The van der Waals surface area contributed by atoms with Crippen LogP contribution in [-0.4, -0.2) is 33.5 Å². The standard InChI is InChI=1S/C9H14N2O4S/c1-4-15-9(12)8(5-10)6-11-7(2)16(3,13)14/h5-6H,2,4,10H2,1,3H3/b8-5+,11-6-. The molecule has 7 heteroatoms. The molecule has 0 radical (unpaired) electrons. The Kier molecular flexibility index (Phi) is 5.44. The topological polar surface area (TPSA) is 98.8 Å². The minimum atomic E-state index is -3.46. The van der Waals surface area contributed by atoms with E-state index in [1.165, 1.54) is 0 Å². The molecule has 0 spiro atoms. The van der Waals surface area contributed by atoms with Gasteiger partial charge in [-0.2, -0.15) is 0 Å². The number of hydrogen-bond donors (Lipinski definition) is 1. The molecule has 0 amide bonds. The van der Waals surface area contributed by atoms with E-state index in [0.29, 0.717) is 0 Å². The summed E-state index contributed by atoms with van der Waals surface area (Å²) < 4.78 is 26.6. The Labute approximate surface area is 94.4 Å². The zero-order valence-electron chi connectivity index (χ0n) is 9.13. The minimum absolute atomic E-state index is 0.0355. The molecule has 2 N–H and O–H groups in total. The quantitative estimate of drug-likeness (QED) is 0.417. The van der Waals surface area contributed by atoms with Crippen molar-refractivity contribution < 1.29 is 17.9 Å². The van der Waals surface area contributed by atoms with E-state index in [4.69, 9.17) is 5.73 Å². The summed E-state index contributed by atoms with van der Waals surface area (Å²) >= 11 is 0. The number of nitrogens with zero attached hydrogens (tertiary/aromatic N) is 1. The molecule has 0 saturated heterocycles. The molecule has 0 aliphatic carbocycles. The maximum absolute atomic E-state index is 11.2. The number of nitrogens with two attached hydrogens (primary N) is 1. The molecule has 6 nitrogen and oxygen atoms in total. The summed E-state index contributed by atoms with van der Waals surface area (Å²) in [5, 5.41) is -0.351. The Balaban J connectivity index is 4.77. The molecule has 0 saturated carbocycles. The summed E-state index contributed by atoms with van der Waals surface area (Å²) in [6.07, 6.45) is 2.95. The fourth-order valence-electron chi connectivity index (χ4n) is 0.615. The lowest BCUT2D eigenvalue weighted by Crippen LogP contribution is -2.11. The molecule has 0 atom stereocenters. The smallest absolute Gasteiger partial charge is 0.341 e. The molecule has 0 rings (SSSR count). The number of rotatable bonds is 5. The van der Waals surface area contributed by atoms with E-state index in [9.17, 15) is 13.2 Å². The number of esters is 1. The third-order valence-corrected chi connectivity index (χ3v) is 2.43. The molecule has 0 aliphatic rings. The van der Waals surface area contributed by atoms with Gasteiger partial charge in [0.25, 0.3) is 0 Å². The monoisotopic (exact) mass is 246 g/mol. The van der Waals surface area contributed by atoms with Crippen LogP contribution in [0.5, 0.6) is 0 Å². The highest BCUT2D eigenvalue weighted by Crippen LogP contribution is 2.03. The zero-order chi connectivity index (χ0) is 12.8. The van der Waals surface area contributed by atoms with Crippen molar-refractivity contribution in [3.05, 3.63) is 23.4 Å². The second-order valence-electron chi connectivity index (χ2n) is 2.77. The number of ether oxygens (including phenoxy) is 1. The Hall–Kier alpha value is -1.63. The van der Waals surface area contributed by atoms with Crippen molar-refractivity contribution in [3.63, 3.8) is 0 Å². The molecule has 0 fully saturated rings. The lowest BCUT2D eigenvalue weighted by molar-refractivity contribution is -0.137. The van der Waals surface area contributed by atoms with Crippen molar-refractivity contribution in [3.8, 4) is 0 Å². The van der Waals surface area contributed by atoms with Gasteiger partial charge in [0.1, 0.15) is 5.03 Å². The fraction of sp³-hybridized carbons (Fsp3) is 0.333. The molecule has 16 heavy (non-hydrogen) atoms. The number of carbonyl (C=O) groups excluding carboxylic acids is 1. The Morgan fingerprint density at radius 2 is 2.12 bits per heavy atom. The lowest BCUT2D eigenvalue weighted by Gasteiger charge is -2.00. The lowest BCUT2D eigenvalue weighted by atomic mass is 10.3. The van der Waals surface area contributed by atoms with Crippen LogP contribution >= 0.6 is 0 Å². The summed E-state index contributed by atoms with van der Waals surface area (Å²) in [6.45, 7) is 5.06. The third kappa shape index (κ3) is 4.74. The van der Waals surface area contributed by atoms with Crippen LogP contribution in [0, 0.1) is 0 Å². The molecule has 0 bridgehead atoms. The van der Waals surface area contributed by atoms with E-state index in [2.05, 4.69) is 16.3 Å². The highest BCUT2D eigenvalue weighted by molar-refractivity contribution is 7.94. The number of aliphatic imine (C=N–C) groups is 1. The second kappa shape index (κ2) is 6.06. The highest BCUT2D eigenvalue weighted by Gasteiger charge is 2.09. The number of sulfone groups is 1. The van der Waals surface area contributed by atoms with Crippen LogP contribution in [0.25, 0.3) is 0 Å². The Bertz CT molecular complexity index is 434. The van der Waals surface area contributed by atoms with E-state index >= 15 is 0 Å². The number of carbonyl (C=O) groups is 1. The first kappa shape index (κ1) is 14.4. The predicted molar refractivity (Wildman–Crippen MR) is 61.4 cm³/mol.